The van der Waals surface area contributed by atoms with E-state index < -0.39 is 0 Å². The number of nitrogens with one attached hydrogen (secondary N) is 1. The first kappa shape index (κ1) is 13.2. The molecular weight excluding hydrogens is 250 g/mol. The van der Waals surface area contributed by atoms with E-state index in [1.807, 2.05) is 23.1 Å². The predicted molar refractivity (Wildman–Crippen MR) is 78.5 cm³/mol. The highest BCUT2D eigenvalue weighted by atomic mass is 16.5. The summed E-state index contributed by atoms with van der Waals surface area (Å²) in [5, 5.41) is 7.76. The normalized spacial score (nSPS) is 14.4. The SMILES string of the molecule is CCn1cc(COc2cccc(CNC3CC3)c2)cn1. The van der Waals surface area contributed by atoms with E-state index in [1.54, 1.807) is 0 Å². The van der Waals surface area contributed by atoms with Crippen LogP contribution in [0.15, 0.2) is 36.7 Å². The Balaban J connectivity index is 1.54. The molecule has 4 nitrogen and oxygen atoms in total. The lowest BCUT2D eigenvalue weighted by molar-refractivity contribution is 0.305. The van der Waals surface area contributed by atoms with Crippen LogP contribution in [0.5, 0.6) is 5.75 Å². The van der Waals surface area contributed by atoms with Crippen molar-refractivity contribution in [3.63, 3.8) is 0 Å². The van der Waals surface area contributed by atoms with Gasteiger partial charge in [0.25, 0.3) is 0 Å². The minimum Gasteiger partial charge on any atom is -0.489 e. The molecule has 0 radical (unpaired) electrons. The fourth-order valence-corrected chi connectivity index (χ4v) is 2.12. The van der Waals surface area contributed by atoms with Gasteiger partial charge in [0, 0.05) is 30.9 Å². The van der Waals surface area contributed by atoms with Gasteiger partial charge in [-0.25, -0.2) is 0 Å². The fourth-order valence-electron chi connectivity index (χ4n) is 2.12. The van der Waals surface area contributed by atoms with E-state index in [0.717, 1.165) is 30.4 Å². The van der Waals surface area contributed by atoms with E-state index >= 15 is 0 Å². The van der Waals surface area contributed by atoms with Crippen LogP contribution in [0.4, 0.5) is 0 Å². The monoisotopic (exact) mass is 271 g/mol. The number of hydrogen-bond acceptors (Lipinski definition) is 3. The molecule has 1 N–H and O–H groups in total. The lowest BCUT2D eigenvalue weighted by atomic mass is 10.2. The Hall–Kier alpha value is -1.81. The second kappa shape index (κ2) is 6.09. The van der Waals surface area contributed by atoms with E-state index in [0.29, 0.717) is 6.61 Å². The zero-order chi connectivity index (χ0) is 13.8. The van der Waals surface area contributed by atoms with Crippen LogP contribution in [0.1, 0.15) is 30.9 Å². The highest BCUT2D eigenvalue weighted by Crippen LogP contribution is 2.20. The Morgan fingerprint density at radius 2 is 2.25 bits per heavy atom. The molecule has 0 amide bonds. The topological polar surface area (TPSA) is 39.1 Å². The third kappa shape index (κ3) is 3.61. The van der Waals surface area contributed by atoms with E-state index in [1.165, 1.54) is 18.4 Å². The Morgan fingerprint density at radius 1 is 1.35 bits per heavy atom. The van der Waals surface area contributed by atoms with Gasteiger partial charge >= 0.3 is 0 Å². The molecule has 0 saturated heterocycles. The molecule has 1 fully saturated rings. The average Bonchev–Trinajstić information content (AvgIpc) is 3.20. The number of nitrogens with zero attached hydrogens (tertiary/aromatic N) is 2. The molecule has 0 bridgehead atoms. The van der Waals surface area contributed by atoms with E-state index in [-0.39, 0.29) is 0 Å². The van der Waals surface area contributed by atoms with Gasteiger partial charge in [-0.3, -0.25) is 4.68 Å². The zero-order valence-corrected chi connectivity index (χ0v) is 11.9. The summed E-state index contributed by atoms with van der Waals surface area (Å²) in [5.41, 5.74) is 2.38. The maximum atomic E-state index is 5.83. The van der Waals surface area contributed by atoms with Gasteiger partial charge in [-0.05, 0) is 37.5 Å². The highest BCUT2D eigenvalue weighted by Gasteiger charge is 2.19. The van der Waals surface area contributed by atoms with E-state index in [9.17, 15) is 0 Å². The number of rotatable bonds is 7. The second-order valence-corrected chi connectivity index (χ2v) is 5.30. The van der Waals surface area contributed by atoms with Crippen LogP contribution in [-0.2, 0) is 19.7 Å². The molecule has 3 rings (SSSR count). The molecule has 106 valence electrons. The number of aryl methyl sites for hydroxylation is 1. The minimum absolute atomic E-state index is 0.569. The van der Waals surface area contributed by atoms with Crippen molar-refractivity contribution in [1.29, 1.82) is 0 Å². The quantitative estimate of drug-likeness (QED) is 0.841. The number of ether oxygens (including phenoxy) is 1. The lowest BCUT2D eigenvalue weighted by Crippen LogP contribution is -2.15. The summed E-state index contributed by atoms with van der Waals surface area (Å²) in [6.07, 6.45) is 6.52. The van der Waals surface area contributed by atoms with E-state index in [4.69, 9.17) is 4.74 Å². The summed E-state index contributed by atoms with van der Waals surface area (Å²) < 4.78 is 7.74. The number of benzene rings is 1. The summed E-state index contributed by atoms with van der Waals surface area (Å²) in [4.78, 5) is 0. The molecule has 2 aromatic rings. The molecule has 1 heterocycles. The van der Waals surface area contributed by atoms with Crippen LogP contribution in [-0.4, -0.2) is 15.8 Å². The van der Waals surface area contributed by atoms with Crippen LogP contribution in [0, 0.1) is 0 Å². The van der Waals surface area contributed by atoms with Crippen LogP contribution >= 0.6 is 0 Å². The summed E-state index contributed by atoms with van der Waals surface area (Å²) >= 11 is 0. The van der Waals surface area contributed by atoms with Gasteiger partial charge in [-0.1, -0.05) is 12.1 Å². The molecule has 0 spiro atoms. The van der Waals surface area contributed by atoms with Crippen molar-refractivity contribution >= 4 is 0 Å². The van der Waals surface area contributed by atoms with Gasteiger partial charge in [-0.15, -0.1) is 0 Å². The Kier molecular flexibility index (Phi) is 4.02. The molecule has 20 heavy (non-hydrogen) atoms. The van der Waals surface area contributed by atoms with Crippen molar-refractivity contribution in [2.45, 2.75) is 45.5 Å². The third-order valence-electron chi connectivity index (χ3n) is 3.49. The van der Waals surface area contributed by atoms with Gasteiger partial charge < -0.3 is 10.1 Å². The van der Waals surface area contributed by atoms with Gasteiger partial charge in [0.1, 0.15) is 12.4 Å². The Labute approximate surface area is 119 Å². The first-order valence-electron chi connectivity index (χ1n) is 7.30. The Morgan fingerprint density at radius 3 is 3.00 bits per heavy atom. The van der Waals surface area contributed by atoms with Crippen LogP contribution in [0.3, 0.4) is 0 Å². The first-order valence-corrected chi connectivity index (χ1v) is 7.30. The van der Waals surface area contributed by atoms with Crippen molar-refractivity contribution in [3.8, 4) is 5.75 Å². The van der Waals surface area contributed by atoms with Gasteiger partial charge in [0.15, 0.2) is 0 Å². The first-order chi connectivity index (χ1) is 9.83. The highest BCUT2D eigenvalue weighted by molar-refractivity contribution is 5.28. The molecule has 0 aliphatic heterocycles. The minimum atomic E-state index is 0.569. The average molecular weight is 271 g/mol. The van der Waals surface area contributed by atoms with Crippen molar-refractivity contribution < 1.29 is 4.74 Å². The molecule has 1 aliphatic carbocycles. The summed E-state index contributed by atoms with van der Waals surface area (Å²) in [5.74, 6) is 0.921. The summed E-state index contributed by atoms with van der Waals surface area (Å²) in [7, 11) is 0. The van der Waals surface area contributed by atoms with E-state index in [2.05, 4.69) is 35.5 Å². The van der Waals surface area contributed by atoms with Crippen molar-refractivity contribution in [1.82, 2.24) is 15.1 Å². The van der Waals surface area contributed by atoms with Gasteiger partial charge in [0.05, 0.1) is 6.20 Å². The number of aromatic nitrogens is 2. The van der Waals surface area contributed by atoms with Crippen LogP contribution in [0.2, 0.25) is 0 Å². The van der Waals surface area contributed by atoms with Gasteiger partial charge in [0.2, 0.25) is 0 Å². The largest absolute Gasteiger partial charge is 0.489 e. The van der Waals surface area contributed by atoms with Crippen LogP contribution < -0.4 is 10.1 Å². The lowest BCUT2D eigenvalue weighted by Gasteiger charge is -2.07. The van der Waals surface area contributed by atoms with Crippen molar-refractivity contribution in [3.05, 3.63) is 47.8 Å². The fraction of sp³-hybridized carbons (Fsp3) is 0.438. The van der Waals surface area contributed by atoms with Crippen molar-refractivity contribution in [2.75, 3.05) is 0 Å². The maximum absolute atomic E-state index is 5.83. The maximum Gasteiger partial charge on any atom is 0.120 e. The molecular formula is C16H21N3O. The molecule has 1 saturated carbocycles. The number of hydrogen-bond donors (Lipinski definition) is 1. The Bertz CT molecular complexity index is 560. The second-order valence-electron chi connectivity index (χ2n) is 5.30. The predicted octanol–water partition coefficient (Wildman–Crippen LogP) is 2.73. The molecule has 4 heteroatoms. The third-order valence-corrected chi connectivity index (χ3v) is 3.49. The molecule has 0 unspecified atom stereocenters. The smallest absolute Gasteiger partial charge is 0.120 e. The molecule has 0 atom stereocenters. The van der Waals surface area contributed by atoms with Crippen molar-refractivity contribution in [2.24, 2.45) is 0 Å². The molecule has 1 aromatic carbocycles. The molecule has 1 aromatic heterocycles. The molecule has 1 aliphatic rings. The summed E-state index contributed by atoms with van der Waals surface area (Å²) in [6.45, 7) is 4.46. The standard InChI is InChI=1S/C16H21N3O/c1-2-19-11-14(10-18-19)12-20-16-5-3-4-13(8-16)9-17-15-6-7-15/h3-5,8,10-11,15,17H,2,6-7,9,12H2,1H3. The van der Waals surface area contributed by atoms with Crippen LogP contribution in [0.25, 0.3) is 0 Å². The van der Waals surface area contributed by atoms with Gasteiger partial charge in [-0.2, -0.15) is 5.10 Å². The zero-order valence-electron chi connectivity index (χ0n) is 11.9. The summed E-state index contributed by atoms with van der Waals surface area (Å²) in [6, 6.07) is 9.04.